The van der Waals surface area contributed by atoms with E-state index in [0.717, 1.165) is 18.4 Å². The van der Waals surface area contributed by atoms with Crippen LogP contribution < -0.4 is 11.1 Å². The predicted molar refractivity (Wildman–Crippen MR) is 97.6 cm³/mol. The van der Waals surface area contributed by atoms with Gasteiger partial charge in [-0.2, -0.15) is 0 Å². The number of carbonyl (C=O) groups excluding carboxylic acids is 2. The molecule has 9 nitrogen and oxygen atoms in total. The number of hydrogen-bond donors (Lipinski definition) is 4. The van der Waals surface area contributed by atoms with Crippen LogP contribution in [-0.4, -0.2) is 51.9 Å². The second-order valence-electron chi connectivity index (χ2n) is 5.65. The fourth-order valence-electron chi connectivity index (χ4n) is 2.46. The molecule has 1 aromatic carbocycles. The molecule has 0 saturated heterocycles. The van der Waals surface area contributed by atoms with Gasteiger partial charge in [0.2, 0.25) is 5.91 Å². The van der Waals surface area contributed by atoms with Crippen molar-refractivity contribution in [1.29, 1.82) is 0 Å². The van der Waals surface area contributed by atoms with E-state index in [4.69, 9.17) is 10.8 Å². The van der Waals surface area contributed by atoms with Gasteiger partial charge in [-0.3, -0.25) is 14.5 Å². The van der Waals surface area contributed by atoms with E-state index in [1.807, 2.05) is 13.0 Å². The Labute approximate surface area is 150 Å². The highest BCUT2D eigenvalue weighted by Crippen LogP contribution is 2.27. The maximum atomic E-state index is 12.1. The zero-order valence-electron chi connectivity index (χ0n) is 14.9. The van der Waals surface area contributed by atoms with Crippen molar-refractivity contribution in [1.82, 2.24) is 14.9 Å². The smallest absolute Gasteiger partial charge is 0.291 e. The van der Waals surface area contributed by atoms with E-state index in [0.29, 0.717) is 5.69 Å². The number of imidazole rings is 1. The van der Waals surface area contributed by atoms with Crippen LogP contribution in [0, 0.1) is 6.92 Å². The van der Waals surface area contributed by atoms with Gasteiger partial charge in [0.1, 0.15) is 0 Å². The first-order valence-corrected chi connectivity index (χ1v) is 7.91. The van der Waals surface area contributed by atoms with E-state index < -0.39 is 0 Å². The Morgan fingerprint density at radius 3 is 2.77 bits per heavy atom. The van der Waals surface area contributed by atoms with Gasteiger partial charge in [-0.05, 0) is 24.6 Å². The third-order valence-electron chi connectivity index (χ3n) is 3.82. The minimum absolute atomic E-state index is 0.0898. The van der Waals surface area contributed by atoms with Crippen LogP contribution in [0.25, 0.3) is 0 Å². The molecule has 3 rings (SSSR count). The van der Waals surface area contributed by atoms with Crippen molar-refractivity contribution in [2.45, 2.75) is 19.4 Å². The molecule has 0 spiro atoms. The van der Waals surface area contributed by atoms with Crippen molar-refractivity contribution in [3.8, 4) is 0 Å². The molecule has 1 aromatic heterocycles. The first-order chi connectivity index (χ1) is 12.4. The first kappa shape index (κ1) is 19.1. The summed E-state index contributed by atoms with van der Waals surface area (Å²) >= 11 is 0. The van der Waals surface area contributed by atoms with Crippen molar-refractivity contribution < 1.29 is 14.7 Å². The quantitative estimate of drug-likeness (QED) is 0.643. The zero-order chi connectivity index (χ0) is 19.3. The molecule has 1 aliphatic heterocycles. The summed E-state index contributed by atoms with van der Waals surface area (Å²) in [4.78, 5) is 36.6. The summed E-state index contributed by atoms with van der Waals surface area (Å²) in [5, 5.41) is 9.77. The van der Waals surface area contributed by atoms with Gasteiger partial charge in [0, 0.05) is 31.7 Å². The second kappa shape index (κ2) is 8.26. The highest BCUT2D eigenvalue weighted by atomic mass is 16.2. The third-order valence-corrected chi connectivity index (χ3v) is 3.82. The molecule has 2 heterocycles. The van der Waals surface area contributed by atoms with Crippen LogP contribution in [0.15, 0.2) is 35.5 Å². The van der Waals surface area contributed by atoms with Gasteiger partial charge < -0.3 is 21.1 Å². The predicted octanol–water partition coefficient (Wildman–Crippen LogP) is 0.797. The van der Waals surface area contributed by atoms with Crippen molar-refractivity contribution in [3.05, 3.63) is 47.5 Å². The molecule has 2 amide bonds. The number of carbonyl (C=O) groups is 2. The van der Waals surface area contributed by atoms with Crippen LogP contribution in [0.4, 0.5) is 5.69 Å². The number of hydrogen-bond acceptors (Lipinski definition) is 6. The van der Waals surface area contributed by atoms with Gasteiger partial charge in [0.05, 0.1) is 12.5 Å². The second-order valence-corrected chi connectivity index (χ2v) is 5.65. The van der Waals surface area contributed by atoms with Crippen molar-refractivity contribution >= 4 is 23.5 Å². The summed E-state index contributed by atoms with van der Waals surface area (Å²) in [6, 6.07) is 6.85. The van der Waals surface area contributed by atoms with E-state index in [1.54, 1.807) is 31.4 Å². The van der Waals surface area contributed by atoms with Gasteiger partial charge in [0.25, 0.3) is 5.91 Å². The number of benzene rings is 1. The largest absolute Gasteiger partial charge is 0.400 e. The molecule has 1 unspecified atom stereocenters. The fraction of sp³-hybridized carbons (Fsp3) is 0.294. The number of guanidine groups is 1. The maximum Gasteiger partial charge on any atom is 0.291 e. The summed E-state index contributed by atoms with van der Waals surface area (Å²) in [6.45, 7) is 1.82. The molecule has 26 heavy (non-hydrogen) atoms. The average molecular weight is 358 g/mol. The number of nitrogens with zero attached hydrogens (tertiary/aromatic N) is 3. The van der Waals surface area contributed by atoms with Crippen LogP contribution in [0.1, 0.15) is 34.3 Å². The molecular weight excluding hydrogens is 336 g/mol. The molecule has 9 heteroatoms. The van der Waals surface area contributed by atoms with Crippen molar-refractivity contribution in [2.24, 2.45) is 10.7 Å². The lowest BCUT2D eigenvalue weighted by Gasteiger charge is -2.25. The SMILES string of the molecule is CO.Cc1cnc(C(=O)Nc2cccc(C3CC(=O)N(C)C(N)=N3)c2)[nH]1. The average Bonchev–Trinajstić information content (AvgIpc) is 3.08. The molecular formula is C17H22N6O3. The normalized spacial score (nSPS) is 16.5. The number of H-pyrrole nitrogens is 1. The Bertz CT molecular complexity index is 829. The Morgan fingerprint density at radius 1 is 1.42 bits per heavy atom. The van der Waals surface area contributed by atoms with Gasteiger partial charge >= 0.3 is 0 Å². The summed E-state index contributed by atoms with van der Waals surface area (Å²) in [6.07, 6.45) is 1.83. The van der Waals surface area contributed by atoms with E-state index in [2.05, 4.69) is 20.3 Å². The lowest BCUT2D eigenvalue weighted by molar-refractivity contribution is -0.127. The van der Waals surface area contributed by atoms with E-state index in [9.17, 15) is 9.59 Å². The molecule has 1 atom stereocenters. The molecule has 0 saturated carbocycles. The Hall–Kier alpha value is -3.20. The number of aliphatic hydroxyl groups excluding tert-OH is 1. The number of anilines is 1. The van der Waals surface area contributed by atoms with Crippen molar-refractivity contribution in [2.75, 3.05) is 19.5 Å². The summed E-state index contributed by atoms with van der Waals surface area (Å²) < 4.78 is 0. The van der Waals surface area contributed by atoms with E-state index >= 15 is 0 Å². The molecule has 5 N–H and O–H groups in total. The number of aliphatic hydroxyl groups is 1. The summed E-state index contributed by atoms with van der Waals surface area (Å²) in [7, 11) is 2.60. The van der Waals surface area contributed by atoms with Crippen LogP contribution >= 0.6 is 0 Å². The fourth-order valence-corrected chi connectivity index (χ4v) is 2.46. The third kappa shape index (κ3) is 4.25. The number of amides is 2. The minimum Gasteiger partial charge on any atom is -0.400 e. The number of rotatable bonds is 3. The maximum absolute atomic E-state index is 12.1. The molecule has 1 aliphatic rings. The van der Waals surface area contributed by atoms with Crippen LogP contribution in [0.5, 0.6) is 0 Å². The van der Waals surface area contributed by atoms with Crippen LogP contribution in [0.3, 0.4) is 0 Å². The standard InChI is InChI=1S/C16H18N6O2.CH4O/c1-9-8-18-14(19-9)15(24)20-11-5-3-4-10(6-11)12-7-13(23)22(2)16(17)21-12;1-2/h3-6,8,12H,7H2,1-2H3,(H2,17,21)(H,18,19)(H,20,24);2H,1H3. The lowest BCUT2D eigenvalue weighted by Crippen LogP contribution is -2.42. The minimum atomic E-state index is -0.351. The van der Waals surface area contributed by atoms with Crippen LogP contribution in [-0.2, 0) is 4.79 Å². The van der Waals surface area contributed by atoms with Crippen LogP contribution in [0.2, 0.25) is 0 Å². The Kier molecular flexibility index (Phi) is 6.07. The highest BCUT2D eigenvalue weighted by molar-refractivity contribution is 6.01. The summed E-state index contributed by atoms with van der Waals surface area (Å²) in [5.41, 5.74) is 7.99. The Morgan fingerprint density at radius 2 is 2.15 bits per heavy atom. The molecule has 0 aliphatic carbocycles. The molecule has 138 valence electrons. The van der Waals surface area contributed by atoms with E-state index in [-0.39, 0.29) is 36.1 Å². The van der Waals surface area contributed by atoms with Crippen molar-refractivity contribution in [3.63, 3.8) is 0 Å². The number of nitrogens with one attached hydrogen (secondary N) is 2. The molecule has 0 fully saturated rings. The highest BCUT2D eigenvalue weighted by Gasteiger charge is 2.25. The topological polar surface area (TPSA) is 137 Å². The zero-order valence-corrected chi connectivity index (χ0v) is 14.9. The molecule has 0 radical (unpaired) electrons. The number of aliphatic imine (C=N–C) groups is 1. The summed E-state index contributed by atoms with van der Waals surface area (Å²) in [5.74, 6) is 0.0158. The molecule has 2 aromatic rings. The number of aromatic amines is 1. The number of aryl methyl sites for hydroxylation is 1. The number of aromatic nitrogens is 2. The first-order valence-electron chi connectivity index (χ1n) is 7.91. The van der Waals surface area contributed by atoms with Gasteiger partial charge in [0.15, 0.2) is 11.8 Å². The van der Waals surface area contributed by atoms with E-state index in [1.165, 1.54) is 4.90 Å². The molecule has 0 bridgehead atoms. The van der Waals surface area contributed by atoms with Gasteiger partial charge in [-0.15, -0.1) is 0 Å². The Balaban J connectivity index is 0.00000117. The number of nitrogens with two attached hydrogens (primary N) is 1. The monoisotopic (exact) mass is 358 g/mol. The lowest BCUT2D eigenvalue weighted by atomic mass is 10.0. The van der Waals surface area contributed by atoms with Gasteiger partial charge in [-0.1, -0.05) is 12.1 Å². The van der Waals surface area contributed by atoms with Gasteiger partial charge in [-0.25, -0.2) is 9.98 Å².